The number of hydrogen-bond acceptors (Lipinski definition) is 3. The molecule has 1 N–H and O–H groups in total. The van der Waals surface area contributed by atoms with E-state index in [4.69, 9.17) is 0 Å². The quantitative estimate of drug-likeness (QED) is 0.930. The molecule has 0 radical (unpaired) electrons. The van der Waals surface area contributed by atoms with E-state index in [1.54, 1.807) is 18.2 Å². The van der Waals surface area contributed by atoms with Gasteiger partial charge in [0.1, 0.15) is 6.54 Å². The maximum atomic E-state index is 12.2. The van der Waals surface area contributed by atoms with Crippen LogP contribution in [0.25, 0.3) is 10.9 Å². The lowest BCUT2D eigenvalue weighted by Crippen LogP contribution is -2.33. The van der Waals surface area contributed by atoms with Crippen molar-refractivity contribution in [3.05, 3.63) is 39.4 Å². The number of benzene rings is 1. The normalized spacial score (nSPS) is 14.6. The molecule has 2 aromatic rings. The van der Waals surface area contributed by atoms with Gasteiger partial charge in [-0.15, -0.1) is 0 Å². The maximum absolute atomic E-state index is 12.2. The Hall–Kier alpha value is -1.69. The summed E-state index contributed by atoms with van der Waals surface area (Å²) in [6, 6.07) is 5.59. The average Bonchev–Trinajstić information content (AvgIpc) is 3.16. The summed E-state index contributed by atoms with van der Waals surface area (Å²) in [7, 11) is 0. The molecule has 1 aliphatic carbocycles. The molecule has 1 aromatic heterocycles. The summed E-state index contributed by atoms with van der Waals surface area (Å²) in [5.41, 5.74) is 0.432. The minimum absolute atomic E-state index is 0.0222. The first kappa shape index (κ1) is 12.3. The summed E-state index contributed by atoms with van der Waals surface area (Å²) in [5, 5.41) is 3.37. The van der Waals surface area contributed by atoms with Crippen molar-refractivity contribution in [2.24, 2.45) is 0 Å². The molecule has 0 atom stereocenters. The van der Waals surface area contributed by atoms with Gasteiger partial charge in [-0.3, -0.25) is 14.2 Å². The summed E-state index contributed by atoms with van der Waals surface area (Å²) < 4.78 is 2.21. The monoisotopic (exact) mass is 321 g/mol. The fourth-order valence-corrected chi connectivity index (χ4v) is 2.25. The molecule has 98 valence electrons. The van der Waals surface area contributed by atoms with Gasteiger partial charge in [0.05, 0.1) is 17.2 Å². The Morgan fingerprint density at radius 3 is 3.00 bits per heavy atom. The van der Waals surface area contributed by atoms with Gasteiger partial charge in [0.15, 0.2) is 0 Å². The van der Waals surface area contributed by atoms with Crippen LogP contribution in [0.15, 0.2) is 33.8 Å². The van der Waals surface area contributed by atoms with E-state index in [0.717, 1.165) is 17.3 Å². The van der Waals surface area contributed by atoms with E-state index < -0.39 is 0 Å². The van der Waals surface area contributed by atoms with Crippen LogP contribution in [-0.2, 0) is 11.3 Å². The van der Waals surface area contributed by atoms with Crippen LogP contribution >= 0.6 is 15.9 Å². The highest BCUT2D eigenvalue weighted by Gasteiger charge is 2.23. The Morgan fingerprint density at radius 1 is 1.47 bits per heavy atom. The van der Waals surface area contributed by atoms with Crippen molar-refractivity contribution < 1.29 is 4.79 Å². The molecule has 0 bridgehead atoms. The highest BCUT2D eigenvalue weighted by Crippen LogP contribution is 2.18. The molecule has 1 aliphatic rings. The second-order valence-corrected chi connectivity index (χ2v) is 5.60. The summed E-state index contributed by atoms with van der Waals surface area (Å²) in [5.74, 6) is -0.136. The Bertz CT molecular complexity index is 707. The molecule has 0 aliphatic heterocycles. The number of carbonyl (C=O) groups is 1. The predicted molar refractivity (Wildman–Crippen MR) is 74.9 cm³/mol. The lowest BCUT2D eigenvalue weighted by Gasteiger charge is -2.07. The van der Waals surface area contributed by atoms with Crippen molar-refractivity contribution in [2.75, 3.05) is 0 Å². The minimum Gasteiger partial charge on any atom is -0.352 e. The fourth-order valence-electron chi connectivity index (χ4n) is 1.90. The lowest BCUT2D eigenvalue weighted by molar-refractivity contribution is -0.121. The maximum Gasteiger partial charge on any atom is 0.261 e. The van der Waals surface area contributed by atoms with Crippen molar-refractivity contribution >= 4 is 32.7 Å². The molecule has 3 rings (SSSR count). The average molecular weight is 322 g/mol. The first-order chi connectivity index (χ1) is 9.13. The smallest absolute Gasteiger partial charge is 0.261 e. The van der Waals surface area contributed by atoms with E-state index in [1.807, 2.05) is 0 Å². The molecule has 1 aromatic carbocycles. The molecule has 1 amide bonds. The highest BCUT2D eigenvalue weighted by molar-refractivity contribution is 9.10. The summed E-state index contributed by atoms with van der Waals surface area (Å²) in [6.45, 7) is 0.0222. The Labute approximate surface area is 117 Å². The summed E-state index contributed by atoms with van der Waals surface area (Å²) in [4.78, 5) is 28.1. The lowest BCUT2D eigenvalue weighted by atomic mass is 10.2. The second kappa shape index (κ2) is 4.77. The predicted octanol–water partition coefficient (Wildman–Crippen LogP) is 1.44. The topological polar surface area (TPSA) is 64.0 Å². The van der Waals surface area contributed by atoms with E-state index in [9.17, 15) is 9.59 Å². The number of hydrogen-bond donors (Lipinski definition) is 1. The molecule has 6 heteroatoms. The van der Waals surface area contributed by atoms with Crippen LogP contribution in [0.2, 0.25) is 0 Å². The first-order valence-corrected chi connectivity index (χ1v) is 6.87. The fraction of sp³-hybridized carbons (Fsp3) is 0.308. The SMILES string of the molecule is O=C(Cn1cnc2cc(Br)ccc2c1=O)NC1CC1. The zero-order chi connectivity index (χ0) is 13.4. The molecule has 0 saturated heterocycles. The molecule has 19 heavy (non-hydrogen) atoms. The summed E-state index contributed by atoms with van der Waals surface area (Å²) >= 11 is 3.34. The summed E-state index contributed by atoms with van der Waals surface area (Å²) in [6.07, 6.45) is 3.48. The van der Waals surface area contributed by atoms with Crippen molar-refractivity contribution in [2.45, 2.75) is 25.4 Å². The largest absolute Gasteiger partial charge is 0.352 e. The molecule has 5 nitrogen and oxygen atoms in total. The van der Waals surface area contributed by atoms with Crippen molar-refractivity contribution in [1.82, 2.24) is 14.9 Å². The van der Waals surface area contributed by atoms with Crippen LogP contribution in [0.5, 0.6) is 0 Å². The van der Waals surface area contributed by atoms with E-state index in [2.05, 4.69) is 26.2 Å². The number of rotatable bonds is 3. The zero-order valence-electron chi connectivity index (χ0n) is 10.1. The van der Waals surface area contributed by atoms with E-state index in [0.29, 0.717) is 16.9 Å². The molecule has 0 spiro atoms. The third-order valence-electron chi connectivity index (χ3n) is 3.04. The highest BCUT2D eigenvalue weighted by atomic mass is 79.9. The van der Waals surface area contributed by atoms with Gasteiger partial charge in [-0.2, -0.15) is 0 Å². The number of aromatic nitrogens is 2. The standard InChI is InChI=1S/C13H12BrN3O2/c14-8-1-4-10-11(5-8)15-7-17(13(10)19)6-12(18)16-9-2-3-9/h1,4-5,7,9H,2-3,6H2,(H,16,18). The van der Waals surface area contributed by atoms with E-state index >= 15 is 0 Å². The Kier molecular flexibility index (Phi) is 3.10. The van der Waals surface area contributed by atoms with Gasteiger partial charge in [-0.05, 0) is 31.0 Å². The third kappa shape index (κ3) is 2.68. The first-order valence-electron chi connectivity index (χ1n) is 6.07. The Morgan fingerprint density at radius 2 is 2.26 bits per heavy atom. The van der Waals surface area contributed by atoms with Crippen LogP contribution in [-0.4, -0.2) is 21.5 Å². The number of amides is 1. The van der Waals surface area contributed by atoms with Gasteiger partial charge in [0.25, 0.3) is 5.56 Å². The number of carbonyl (C=O) groups excluding carboxylic acids is 1. The van der Waals surface area contributed by atoms with Crippen LogP contribution in [0.3, 0.4) is 0 Å². The van der Waals surface area contributed by atoms with E-state index in [-0.39, 0.29) is 18.0 Å². The van der Waals surface area contributed by atoms with Crippen molar-refractivity contribution in [3.63, 3.8) is 0 Å². The Balaban J connectivity index is 1.91. The molecule has 1 fully saturated rings. The van der Waals surface area contributed by atoms with Crippen LogP contribution in [0, 0.1) is 0 Å². The second-order valence-electron chi connectivity index (χ2n) is 4.68. The van der Waals surface area contributed by atoms with Gasteiger partial charge in [-0.25, -0.2) is 4.98 Å². The van der Waals surface area contributed by atoms with Crippen molar-refractivity contribution in [1.29, 1.82) is 0 Å². The molecule has 0 unspecified atom stereocenters. The number of nitrogens with zero attached hydrogens (tertiary/aromatic N) is 2. The molecule has 1 heterocycles. The third-order valence-corrected chi connectivity index (χ3v) is 3.54. The van der Waals surface area contributed by atoms with Gasteiger partial charge in [0.2, 0.25) is 5.91 Å². The number of nitrogens with one attached hydrogen (secondary N) is 1. The molecule has 1 saturated carbocycles. The van der Waals surface area contributed by atoms with Gasteiger partial charge in [-0.1, -0.05) is 15.9 Å². The van der Waals surface area contributed by atoms with Crippen LogP contribution in [0.4, 0.5) is 0 Å². The van der Waals surface area contributed by atoms with Crippen LogP contribution < -0.4 is 10.9 Å². The van der Waals surface area contributed by atoms with Crippen LogP contribution in [0.1, 0.15) is 12.8 Å². The molecular weight excluding hydrogens is 310 g/mol. The van der Waals surface area contributed by atoms with Crippen molar-refractivity contribution in [3.8, 4) is 0 Å². The number of fused-ring (bicyclic) bond motifs is 1. The molecular formula is C13H12BrN3O2. The zero-order valence-corrected chi connectivity index (χ0v) is 11.7. The number of halogens is 1. The van der Waals surface area contributed by atoms with Gasteiger partial charge >= 0.3 is 0 Å². The van der Waals surface area contributed by atoms with Gasteiger partial charge < -0.3 is 5.32 Å². The minimum atomic E-state index is -0.191. The van der Waals surface area contributed by atoms with Gasteiger partial charge in [0, 0.05) is 10.5 Å². The van der Waals surface area contributed by atoms with E-state index in [1.165, 1.54) is 10.9 Å².